The first kappa shape index (κ1) is 13.6. The molecule has 0 amide bonds. The van der Waals surface area contributed by atoms with Gasteiger partial charge in [0.2, 0.25) is 0 Å². The first-order valence-electron chi connectivity index (χ1n) is 6.14. The van der Waals surface area contributed by atoms with Gasteiger partial charge in [0.15, 0.2) is 5.75 Å². The van der Waals surface area contributed by atoms with Gasteiger partial charge in [-0.3, -0.25) is 4.68 Å². The van der Waals surface area contributed by atoms with Crippen molar-refractivity contribution >= 4 is 0 Å². The van der Waals surface area contributed by atoms with E-state index in [1.807, 2.05) is 31.6 Å². The van der Waals surface area contributed by atoms with E-state index >= 15 is 0 Å². The lowest BCUT2D eigenvalue weighted by atomic mass is 9.89. The summed E-state index contributed by atoms with van der Waals surface area (Å²) >= 11 is 0. The maximum atomic E-state index is 8.87. The molecule has 94 valence electrons. The van der Waals surface area contributed by atoms with Crippen molar-refractivity contribution in [2.75, 3.05) is 6.61 Å². The highest BCUT2D eigenvalue weighted by molar-refractivity contribution is 5.11. The molecule has 1 heterocycles. The van der Waals surface area contributed by atoms with Crippen LogP contribution in [-0.4, -0.2) is 16.4 Å². The standard InChI is InChI=1S/C13H21N3O/c1-4-16-10-12(9-15-16)17-8-6-5-7-13(2,3)11-14/h9-10H,4-8H2,1-3H3. The highest BCUT2D eigenvalue weighted by Gasteiger charge is 2.15. The molecule has 1 aromatic rings. The lowest BCUT2D eigenvalue weighted by Crippen LogP contribution is -2.08. The van der Waals surface area contributed by atoms with E-state index in [9.17, 15) is 0 Å². The summed E-state index contributed by atoms with van der Waals surface area (Å²) in [4.78, 5) is 0. The molecule has 0 unspecified atom stereocenters. The number of nitrogens with zero attached hydrogens (tertiary/aromatic N) is 3. The van der Waals surface area contributed by atoms with Gasteiger partial charge in [-0.1, -0.05) is 0 Å². The van der Waals surface area contributed by atoms with E-state index in [0.717, 1.165) is 31.6 Å². The molecule has 0 aliphatic carbocycles. The lowest BCUT2D eigenvalue weighted by molar-refractivity contribution is 0.294. The van der Waals surface area contributed by atoms with Crippen LogP contribution >= 0.6 is 0 Å². The summed E-state index contributed by atoms with van der Waals surface area (Å²) < 4.78 is 7.41. The molecule has 17 heavy (non-hydrogen) atoms. The molecule has 0 aliphatic heterocycles. The lowest BCUT2D eigenvalue weighted by Gasteiger charge is -2.14. The van der Waals surface area contributed by atoms with Crippen molar-refractivity contribution in [3.05, 3.63) is 12.4 Å². The Labute approximate surface area is 103 Å². The fourth-order valence-electron chi connectivity index (χ4n) is 1.51. The molecule has 4 nitrogen and oxygen atoms in total. The molecule has 0 N–H and O–H groups in total. The van der Waals surface area contributed by atoms with Gasteiger partial charge < -0.3 is 4.74 Å². The predicted molar refractivity (Wildman–Crippen MR) is 66.6 cm³/mol. The van der Waals surface area contributed by atoms with Crippen LogP contribution in [0.25, 0.3) is 0 Å². The van der Waals surface area contributed by atoms with Crippen LogP contribution in [0.5, 0.6) is 5.75 Å². The van der Waals surface area contributed by atoms with Crippen molar-refractivity contribution < 1.29 is 4.74 Å². The summed E-state index contributed by atoms with van der Waals surface area (Å²) in [5.41, 5.74) is -0.215. The average molecular weight is 235 g/mol. The third-order valence-corrected chi connectivity index (χ3v) is 2.70. The van der Waals surface area contributed by atoms with Gasteiger partial charge >= 0.3 is 0 Å². The number of rotatable bonds is 7. The minimum absolute atomic E-state index is 0.215. The second-order valence-corrected chi connectivity index (χ2v) is 4.83. The molecule has 0 saturated heterocycles. The summed E-state index contributed by atoms with van der Waals surface area (Å²) in [6.45, 7) is 7.54. The van der Waals surface area contributed by atoms with Crippen LogP contribution in [0, 0.1) is 16.7 Å². The van der Waals surface area contributed by atoms with Gasteiger partial charge in [0.1, 0.15) is 0 Å². The molecule has 0 atom stereocenters. The Bertz CT molecular complexity index is 376. The number of hydrogen-bond donors (Lipinski definition) is 0. The molecular weight excluding hydrogens is 214 g/mol. The maximum absolute atomic E-state index is 8.87. The van der Waals surface area contributed by atoms with Crippen LogP contribution in [0.15, 0.2) is 12.4 Å². The van der Waals surface area contributed by atoms with Crippen LogP contribution in [-0.2, 0) is 6.54 Å². The van der Waals surface area contributed by atoms with E-state index in [2.05, 4.69) is 11.2 Å². The number of aryl methyl sites for hydroxylation is 1. The molecule has 0 saturated carbocycles. The third kappa shape index (κ3) is 4.90. The monoisotopic (exact) mass is 235 g/mol. The Morgan fingerprint density at radius 2 is 2.24 bits per heavy atom. The van der Waals surface area contributed by atoms with E-state index in [0.29, 0.717) is 6.61 Å². The zero-order chi connectivity index (χ0) is 12.7. The molecule has 0 aliphatic rings. The Morgan fingerprint density at radius 1 is 1.47 bits per heavy atom. The summed E-state index contributed by atoms with van der Waals surface area (Å²) in [7, 11) is 0. The van der Waals surface area contributed by atoms with Crippen molar-refractivity contribution in [2.24, 2.45) is 5.41 Å². The molecule has 0 radical (unpaired) electrons. The van der Waals surface area contributed by atoms with E-state index in [4.69, 9.17) is 10.00 Å². The van der Waals surface area contributed by atoms with Crippen molar-refractivity contribution in [3.63, 3.8) is 0 Å². The maximum Gasteiger partial charge on any atom is 0.157 e. The first-order valence-corrected chi connectivity index (χ1v) is 6.14. The van der Waals surface area contributed by atoms with Gasteiger partial charge in [0.25, 0.3) is 0 Å². The van der Waals surface area contributed by atoms with E-state index in [-0.39, 0.29) is 5.41 Å². The van der Waals surface area contributed by atoms with Crippen molar-refractivity contribution in [1.29, 1.82) is 5.26 Å². The SMILES string of the molecule is CCn1cc(OCCCCC(C)(C)C#N)cn1. The highest BCUT2D eigenvalue weighted by Crippen LogP contribution is 2.21. The molecule has 1 aromatic heterocycles. The summed E-state index contributed by atoms with van der Waals surface area (Å²) in [6, 6.07) is 2.31. The molecule has 0 bridgehead atoms. The van der Waals surface area contributed by atoms with Crippen LogP contribution in [0.2, 0.25) is 0 Å². The summed E-state index contributed by atoms with van der Waals surface area (Å²) in [5.74, 6) is 0.825. The van der Waals surface area contributed by atoms with Crippen molar-refractivity contribution in [2.45, 2.75) is 46.6 Å². The minimum atomic E-state index is -0.215. The van der Waals surface area contributed by atoms with Gasteiger partial charge in [-0.25, -0.2) is 0 Å². The quantitative estimate of drug-likeness (QED) is 0.683. The van der Waals surface area contributed by atoms with Gasteiger partial charge in [0, 0.05) is 6.54 Å². The van der Waals surface area contributed by atoms with Gasteiger partial charge in [0.05, 0.1) is 30.5 Å². The number of ether oxygens (including phenoxy) is 1. The minimum Gasteiger partial charge on any atom is -0.490 e. The van der Waals surface area contributed by atoms with Crippen LogP contribution in [0.3, 0.4) is 0 Å². The molecule has 0 aromatic carbocycles. The second kappa shape index (κ2) is 6.29. The highest BCUT2D eigenvalue weighted by atomic mass is 16.5. The van der Waals surface area contributed by atoms with Crippen LogP contribution < -0.4 is 4.74 Å². The Morgan fingerprint density at radius 3 is 2.82 bits per heavy atom. The van der Waals surface area contributed by atoms with Crippen LogP contribution in [0.1, 0.15) is 40.0 Å². The smallest absolute Gasteiger partial charge is 0.157 e. The van der Waals surface area contributed by atoms with E-state index in [1.165, 1.54) is 0 Å². The number of nitriles is 1. The third-order valence-electron chi connectivity index (χ3n) is 2.70. The largest absolute Gasteiger partial charge is 0.490 e. The molecule has 1 rings (SSSR count). The zero-order valence-corrected chi connectivity index (χ0v) is 10.9. The van der Waals surface area contributed by atoms with Crippen molar-refractivity contribution in [1.82, 2.24) is 9.78 Å². The Kier molecular flexibility index (Phi) is 5.02. The van der Waals surface area contributed by atoms with Gasteiger partial charge in [-0.2, -0.15) is 10.4 Å². The van der Waals surface area contributed by atoms with E-state index < -0.39 is 0 Å². The second-order valence-electron chi connectivity index (χ2n) is 4.83. The fraction of sp³-hybridized carbons (Fsp3) is 0.692. The average Bonchev–Trinajstić information content (AvgIpc) is 2.76. The molecular formula is C13H21N3O. The Balaban J connectivity index is 2.15. The summed E-state index contributed by atoms with van der Waals surface area (Å²) in [6.07, 6.45) is 6.55. The number of unbranched alkanes of at least 4 members (excludes halogenated alkanes) is 1. The van der Waals surface area contributed by atoms with E-state index in [1.54, 1.807) is 6.20 Å². The number of aromatic nitrogens is 2. The molecule has 4 heteroatoms. The molecule has 0 fully saturated rings. The zero-order valence-electron chi connectivity index (χ0n) is 10.9. The van der Waals surface area contributed by atoms with Gasteiger partial charge in [-0.15, -0.1) is 0 Å². The topological polar surface area (TPSA) is 50.8 Å². The Hall–Kier alpha value is -1.50. The van der Waals surface area contributed by atoms with Gasteiger partial charge in [-0.05, 0) is 40.0 Å². The van der Waals surface area contributed by atoms with Crippen molar-refractivity contribution in [3.8, 4) is 11.8 Å². The fourth-order valence-corrected chi connectivity index (χ4v) is 1.51. The molecule has 0 spiro atoms. The summed E-state index contributed by atoms with van der Waals surface area (Å²) in [5, 5.41) is 13.0. The predicted octanol–water partition coefficient (Wildman–Crippen LogP) is 3.00. The number of hydrogen-bond acceptors (Lipinski definition) is 3. The first-order chi connectivity index (χ1) is 8.07. The normalized spacial score (nSPS) is 11.2. The van der Waals surface area contributed by atoms with Crippen LogP contribution in [0.4, 0.5) is 0 Å².